The molecule has 24 heavy (non-hydrogen) atoms. The lowest BCUT2D eigenvalue weighted by Crippen LogP contribution is -2.38. The molecule has 1 saturated heterocycles. The quantitative estimate of drug-likeness (QED) is 0.633. The number of anilines is 1. The van der Waals surface area contributed by atoms with Gasteiger partial charge in [0.05, 0.1) is 10.5 Å². The van der Waals surface area contributed by atoms with Gasteiger partial charge in [0.25, 0.3) is 0 Å². The van der Waals surface area contributed by atoms with Gasteiger partial charge in [0.15, 0.2) is 5.82 Å². The van der Waals surface area contributed by atoms with Gasteiger partial charge >= 0.3 is 0 Å². The lowest BCUT2D eigenvalue weighted by Gasteiger charge is -2.35. The minimum atomic E-state index is 0.496. The van der Waals surface area contributed by atoms with Gasteiger partial charge < -0.3 is 4.90 Å². The fourth-order valence-corrected chi connectivity index (χ4v) is 3.67. The second kappa shape index (κ2) is 6.40. The second-order valence-corrected chi connectivity index (χ2v) is 6.81. The molecule has 1 fully saturated rings. The Morgan fingerprint density at radius 2 is 1.79 bits per heavy atom. The minimum Gasteiger partial charge on any atom is -0.353 e. The Kier molecular flexibility index (Phi) is 4.11. The molecule has 0 aliphatic carbocycles. The normalized spacial score (nSPS) is 18.1. The van der Waals surface area contributed by atoms with Crippen LogP contribution in [0.25, 0.3) is 22.3 Å². The van der Waals surface area contributed by atoms with Gasteiger partial charge in [0.1, 0.15) is 5.82 Å². The number of hydrogen-bond acceptors (Lipinski definition) is 3. The van der Waals surface area contributed by atoms with Crippen molar-refractivity contribution in [2.24, 2.45) is 0 Å². The first-order valence-corrected chi connectivity index (χ1v) is 8.90. The molecule has 0 saturated carbocycles. The van der Waals surface area contributed by atoms with E-state index in [0.29, 0.717) is 16.9 Å². The number of fused-ring (bicyclic) bond motifs is 1. The van der Waals surface area contributed by atoms with Crippen LogP contribution in [-0.2, 0) is 0 Å². The zero-order valence-corrected chi connectivity index (χ0v) is 14.5. The standard InChI is InChI=1S/C20H20ClN3/c1-14-8-6-7-13-24(14)20-16-10-3-5-12-18(16)22-19(23-20)15-9-2-4-11-17(15)21/h2-5,9-12,14H,6-8,13H2,1H3. The van der Waals surface area contributed by atoms with Crippen LogP contribution in [0.15, 0.2) is 48.5 Å². The van der Waals surface area contributed by atoms with Gasteiger partial charge in [-0.05, 0) is 50.5 Å². The molecule has 2 heterocycles. The van der Waals surface area contributed by atoms with Crippen molar-refractivity contribution in [3.05, 3.63) is 53.6 Å². The molecule has 4 rings (SSSR count). The Balaban J connectivity index is 1.93. The van der Waals surface area contributed by atoms with Crippen molar-refractivity contribution in [2.45, 2.75) is 32.2 Å². The van der Waals surface area contributed by atoms with E-state index in [-0.39, 0.29) is 0 Å². The summed E-state index contributed by atoms with van der Waals surface area (Å²) in [5.41, 5.74) is 1.85. The van der Waals surface area contributed by atoms with Gasteiger partial charge in [-0.25, -0.2) is 9.97 Å². The van der Waals surface area contributed by atoms with Gasteiger partial charge in [0, 0.05) is 23.5 Å². The van der Waals surface area contributed by atoms with E-state index < -0.39 is 0 Å². The van der Waals surface area contributed by atoms with Crippen LogP contribution in [0.5, 0.6) is 0 Å². The van der Waals surface area contributed by atoms with Gasteiger partial charge in [-0.1, -0.05) is 35.9 Å². The summed E-state index contributed by atoms with van der Waals surface area (Å²) in [7, 11) is 0. The summed E-state index contributed by atoms with van der Waals surface area (Å²) in [6, 6.07) is 16.5. The molecule has 1 atom stereocenters. The SMILES string of the molecule is CC1CCCCN1c1nc(-c2ccccc2Cl)nc2ccccc12. The third-order valence-corrected chi connectivity index (χ3v) is 5.10. The molecule has 0 amide bonds. The van der Waals surface area contributed by atoms with Crippen molar-refractivity contribution in [3.8, 4) is 11.4 Å². The van der Waals surface area contributed by atoms with Crippen LogP contribution in [0.2, 0.25) is 5.02 Å². The van der Waals surface area contributed by atoms with Crippen molar-refractivity contribution < 1.29 is 0 Å². The summed E-state index contributed by atoms with van der Waals surface area (Å²) in [5, 5.41) is 1.80. The van der Waals surface area contributed by atoms with Crippen LogP contribution < -0.4 is 4.90 Å². The molecule has 0 spiro atoms. The summed E-state index contributed by atoms with van der Waals surface area (Å²) in [6.45, 7) is 3.33. The summed E-state index contributed by atoms with van der Waals surface area (Å²) in [5.74, 6) is 1.73. The summed E-state index contributed by atoms with van der Waals surface area (Å²) in [4.78, 5) is 12.1. The number of para-hydroxylation sites is 1. The van der Waals surface area contributed by atoms with Gasteiger partial charge in [0.2, 0.25) is 0 Å². The predicted octanol–water partition coefficient (Wildman–Crippen LogP) is 5.33. The number of hydrogen-bond donors (Lipinski definition) is 0. The van der Waals surface area contributed by atoms with Crippen LogP contribution in [0.1, 0.15) is 26.2 Å². The molecule has 1 aliphatic heterocycles. The largest absolute Gasteiger partial charge is 0.353 e. The Bertz CT molecular complexity index is 878. The van der Waals surface area contributed by atoms with Gasteiger partial charge in [-0.2, -0.15) is 0 Å². The first-order valence-electron chi connectivity index (χ1n) is 8.52. The third kappa shape index (κ3) is 2.73. The van der Waals surface area contributed by atoms with Crippen molar-refractivity contribution in [3.63, 3.8) is 0 Å². The Morgan fingerprint density at radius 3 is 2.62 bits per heavy atom. The van der Waals surface area contributed by atoms with E-state index in [1.54, 1.807) is 0 Å². The van der Waals surface area contributed by atoms with Crippen molar-refractivity contribution in [2.75, 3.05) is 11.4 Å². The Morgan fingerprint density at radius 1 is 1.00 bits per heavy atom. The number of halogens is 1. The molecule has 3 nitrogen and oxygen atoms in total. The molecule has 0 bridgehead atoms. The highest BCUT2D eigenvalue weighted by Gasteiger charge is 2.23. The molecule has 122 valence electrons. The number of nitrogens with zero attached hydrogens (tertiary/aromatic N) is 3. The van der Waals surface area contributed by atoms with E-state index in [0.717, 1.165) is 28.8 Å². The highest BCUT2D eigenvalue weighted by molar-refractivity contribution is 6.33. The highest BCUT2D eigenvalue weighted by Crippen LogP contribution is 2.33. The maximum atomic E-state index is 6.38. The fourth-order valence-electron chi connectivity index (χ4n) is 3.45. The van der Waals surface area contributed by atoms with Crippen LogP contribution in [0.3, 0.4) is 0 Å². The van der Waals surface area contributed by atoms with Crippen LogP contribution in [0, 0.1) is 0 Å². The van der Waals surface area contributed by atoms with Gasteiger partial charge in [-0.15, -0.1) is 0 Å². The van der Waals surface area contributed by atoms with E-state index >= 15 is 0 Å². The summed E-state index contributed by atoms with van der Waals surface area (Å²) < 4.78 is 0. The van der Waals surface area contributed by atoms with Gasteiger partial charge in [-0.3, -0.25) is 0 Å². The molecule has 3 aromatic rings. The molecule has 0 N–H and O–H groups in total. The second-order valence-electron chi connectivity index (χ2n) is 6.41. The van der Waals surface area contributed by atoms with E-state index in [1.807, 2.05) is 30.3 Å². The Hall–Kier alpha value is -2.13. The maximum Gasteiger partial charge on any atom is 0.163 e. The summed E-state index contributed by atoms with van der Waals surface area (Å²) >= 11 is 6.38. The van der Waals surface area contributed by atoms with E-state index in [1.165, 1.54) is 19.3 Å². The van der Waals surface area contributed by atoms with Crippen LogP contribution in [0.4, 0.5) is 5.82 Å². The molecule has 4 heteroatoms. The van der Waals surface area contributed by atoms with Crippen LogP contribution >= 0.6 is 11.6 Å². The molecular weight excluding hydrogens is 318 g/mol. The highest BCUT2D eigenvalue weighted by atomic mass is 35.5. The van der Waals surface area contributed by atoms with Crippen LogP contribution in [-0.4, -0.2) is 22.6 Å². The van der Waals surface area contributed by atoms with Crippen molar-refractivity contribution in [1.82, 2.24) is 9.97 Å². The van der Waals surface area contributed by atoms with E-state index in [4.69, 9.17) is 21.6 Å². The molecule has 2 aromatic carbocycles. The number of piperidine rings is 1. The first kappa shape index (κ1) is 15.4. The molecular formula is C20H20ClN3. The minimum absolute atomic E-state index is 0.496. The number of benzene rings is 2. The zero-order valence-electron chi connectivity index (χ0n) is 13.7. The molecule has 0 radical (unpaired) electrons. The lowest BCUT2D eigenvalue weighted by atomic mass is 10.0. The van der Waals surface area contributed by atoms with Crippen molar-refractivity contribution >= 4 is 28.3 Å². The molecule has 1 aromatic heterocycles. The number of aromatic nitrogens is 2. The monoisotopic (exact) mass is 337 g/mol. The molecule has 1 unspecified atom stereocenters. The maximum absolute atomic E-state index is 6.38. The molecule has 1 aliphatic rings. The first-order chi connectivity index (χ1) is 11.7. The van der Waals surface area contributed by atoms with Crippen molar-refractivity contribution in [1.29, 1.82) is 0 Å². The fraction of sp³-hybridized carbons (Fsp3) is 0.300. The summed E-state index contributed by atoms with van der Waals surface area (Å²) in [6.07, 6.45) is 3.71. The van der Waals surface area contributed by atoms with E-state index in [2.05, 4.69) is 30.0 Å². The lowest BCUT2D eigenvalue weighted by molar-refractivity contribution is 0.482. The third-order valence-electron chi connectivity index (χ3n) is 4.77. The zero-order chi connectivity index (χ0) is 16.5. The predicted molar refractivity (Wildman–Crippen MR) is 101 cm³/mol. The average molecular weight is 338 g/mol. The topological polar surface area (TPSA) is 29.0 Å². The average Bonchev–Trinajstić information content (AvgIpc) is 2.62. The van der Waals surface area contributed by atoms with E-state index in [9.17, 15) is 0 Å². The number of rotatable bonds is 2. The Labute approximate surface area is 147 Å². The smallest absolute Gasteiger partial charge is 0.163 e.